The van der Waals surface area contributed by atoms with E-state index in [4.69, 9.17) is 9.31 Å². The van der Waals surface area contributed by atoms with Crippen LogP contribution in [0, 0.1) is 5.41 Å². The Morgan fingerprint density at radius 3 is 1.80 bits per heavy atom. The van der Waals surface area contributed by atoms with Gasteiger partial charge in [-0.15, -0.1) is 0 Å². The Balaban J connectivity index is 2.00. The fourth-order valence-electron chi connectivity index (χ4n) is 1.64. The number of allylic oxidation sites excluding steroid dienone is 1. The van der Waals surface area contributed by atoms with Crippen molar-refractivity contribution >= 4 is 7.12 Å². The van der Waals surface area contributed by atoms with Crippen LogP contribution in [0.1, 0.15) is 47.5 Å². The third kappa shape index (κ3) is 2.14. The molecule has 1 saturated carbocycles. The first-order chi connectivity index (χ1) is 6.74. The van der Waals surface area contributed by atoms with E-state index in [1.54, 1.807) is 0 Å². The van der Waals surface area contributed by atoms with Gasteiger partial charge in [-0.1, -0.05) is 19.0 Å². The average molecular weight is 208 g/mol. The van der Waals surface area contributed by atoms with Crippen LogP contribution in [-0.2, 0) is 9.31 Å². The quantitative estimate of drug-likeness (QED) is 0.649. The summed E-state index contributed by atoms with van der Waals surface area (Å²) in [6, 6.07) is 0. The molecule has 0 unspecified atom stereocenters. The van der Waals surface area contributed by atoms with Gasteiger partial charge >= 0.3 is 7.12 Å². The number of hydrogen-bond acceptors (Lipinski definition) is 2. The van der Waals surface area contributed by atoms with Crippen molar-refractivity contribution in [2.45, 2.75) is 58.7 Å². The Morgan fingerprint density at radius 2 is 1.40 bits per heavy atom. The molecule has 0 radical (unpaired) electrons. The van der Waals surface area contributed by atoms with Crippen LogP contribution in [0.5, 0.6) is 0 Å². The van der Waals surface area contributed by atoms with Crippen LogP contribution in [0.3, 0.4) is 0 Å². The van der Waals surface area contributed by atoms with Gasteiger partial charge in [-0.2, -0.15) is 0 Å². The summed E-state index contributed by atoms with van der Waals surface area (Å²) in [6.45, 7) is 10.6. The molecule has 15 heavy (non-hydrogen) atoms. The smallest absolute Gasteiger partial charge is 0.400 e. The van der Waals surface area contributed by atoms with Crippen LogP contribution in [0.15, 0.2) is 12.1 Å². The molecule has 0 aromatic heterocycles. The molecule has 2 rings (SSSR count). The molecule has 2 aliphatic rings. The minimum Gasteiger partial charge on any atom is -0.400 e. The molecule has 0 amide bonds. The molecule has 0 N–H and O–H groups in total. The monoisotopic (exact) mass is 208 g/mol. The lowest BCUT2D eigenvalue weighted by atomic mass is 9.87. The standard InChI is InChI=1S/C12H21BO2/c1-10(2)11(3,4)15-13(14-10)9-8-12(5)6-7-12/h8-9H,6-7H2,1-5H3/b9-8+. The maximum absolute atomic E-state index is 5.88. The highest BCUT2D eigenvalue weighted by atomic mass is 16.7. The molecular formula is C12H21BO2. The lowest BCUT2D eigenvalue weighted by Gasteiger charge is -2.32. The van der Waals surface area contributed by atoms with Crippen LogP contribution in [-0.4, -0.2) is 18.3 Å². The first-order valence-electron chi connectivity index (χ1n) is 5.79. The lowest BCUT2D eigenvalue weighted by molar-refractivity contribution is 0.00578. The molecule has 1 aliphatic heterocycles. The van der Waals surface area contributed by atoms with Crippen molar-refractivity contribution < 1.29 is 9.31 Å². The summed E-state index contributed by atoms with van der Waals surface area (Å²) >= 11 is 0. The van der Waals surface area contributed by atoms with Crippen molar-refractivity contribution in [3.63, 3.8) is 0 Å². The molecule has 1 saturated heterocycles. The summed E-state index contributed by atoms with van der Waals surface area (Å²) < 4.78 is 11.8. The summed E-state index contributed by atoms with van der Waals surface area (Å²) in [5.41, 5.74) is -0.0114. The second kappa shape index (κ2) is 3.11. The summed E-state index contributed by atoms with van der Waals surface area (Å²) in [6.07, 6.45) is 4.83. The number of hydrogen-bond donors (Lipinski definition) is 0. The van der Waals surface area contributed by atoms with E-state index in [0.717, 1.165) is 0 Å². The molecule has 0 aromatic rings. The Labute approximate surface area is 93.2 Å². The summed E-state index contributed by atoms with van der Waals surface area (Å²) in [5.74, 6) is 2.07. The summed E-state index contributed by atoms with van der Waals surface area (Å²) in [5, 5.41) is 0. The minimum absolute atomic E-state index is 0.174. The van der Waals surface area contributed by atoms with Crippen molar-refractivity contribution in [1.82, 2.24) is 0 Å². The molecule has 0 atom stereocenters. The third-order valence-corrected chi connectivity index (χ3v) is 3.97. The van der Waals surface area contributed by atoms with Crippen LogP contribution < -0.4 is 0 Å². The van der Waals surface area contributed by atoms with Gasteiger partial charge in [0.15, 0.2) is 0 Å². The van der Waals surface area contributed by atoms with Gasteiger partial charge in [-0.25, -0.2) is 0 Å². The van der Waals surface area contributed by atoms with Crippen LogP contribution >= 0.6 is 0 Å². The Morgan fingerprint density at radius 1 is 0.933 bits per heavy atom. The summed E-state index contributed by atoms with van der Waals surface area (Å²) in [7, 11) is -0.174. The van der Waals surface area contributed by atoms with E-state index in [1.165, 1.54) is 12.8 Å². The molecule has 2 nitrogen and oxygen atoms in total. The molecule has 3 heteroatoms. The van der Waals surface area contributed by atoms with Gasteiger partial charge in [-0.05, 0) is 46.0 Å². The van der Waals surface area contributed by atoms with E-state index < -0.39 is 0 Å². The topological polar surface area (TPSA) is 18.5 Å². The molecular weight excluding hydrogens is 187 g/mol. The molecule has 0 aromatic carbocycles. The van der Waals surface area contributed by atoms with Crippen molar-refractivity contribution in [2.75, 3.05) is 0 Å². The molecule has 1 aliphatic carbocycles. The van der Waals surface area contributed by atoms with Gasteiger partial charge in [0.05, 0.1) is 11.2 Å². The average Bonchev–Trinajstić information content (AvgIpc) is 2.74. The van der Waals surface area contributed by atoms with E-state index in [2.05, 4.69) is 46.7 Å². The van der Waals surface area contributed by atoms with Gasteiger partial charge in [0, 0.05) is 0 Å². The maximum Gasteiger partial charge on any atom is 0.486 e. The van der Waals surface area contributed by atoms with Crippen molar-refractivity contribution in [3.05, 3.63) is 12.1 Å². The van der Waals surface area contributed by atoms with E-state index >= 15 is 0 Å². The maximum atomic E-state index is 5.88. The highest BCUT2D eigenvalue weighted by molar-refractivity contribution is 6.51. The largest absolute Gasteiger partial charge is 0.486 e. The molecule has 1 heterocycles. The fraction of sp³-hybridized carbons (Fsp3) is 0.833. The van der Waals surface area contributed by atoms with Gasteiger partial charge in [0.1, 0.15) is 0 Å². The predicted octanol–water partition coefficient (Wildman–Crippen LogP) is 2.97. The first-order valence-corrected chi connectivity index (χ1v) is 5.79. The van der Waals surface area contributed by atoms with Crippen LogP contribution in [0.25, 0.3) is 0 Å². The first kappa shape index (κ1) is 11.2. The molecule has 84 valence electrons. The molecule has 0 spiro atoms. The van der Waals surface area contributed by atoms with Crippen molar-refractivity contribution in [2.24, 2.45) is 5.41 Å². The van der Waals surface area contributed by atoms with Gasteiger partial charge < -0.3 is 9.31 Å². The Kier molecular flexibility index (Phi) is 2.33. The zero-order valence-corrected chi connectivity index (χ0v) is 10.5. The van der Waals surface area contributed by atoms with Gasteiger partial charge in [-0.3, -0.25) is 0 Å². The van der Waals surface area contributed by atoms with Crippen molar-refractivity contribution in [1.29, 1.82) is 0 Å². The van der Waals surface area contributed by atoms with E-state index in [-0.39, 0.29) is 18.3 Å². The Bertz CT molecular complexity index is 274. The van der Waals surface area contributed by atoms with Gasteiger partial charge in [0.2, 0.25) is 0 Å². The van der Waals surface area contributed by atoms with E-state index in [0.29, 0.717) is 5.41 Å². The lowest BCUT2D eigenvalue weighted by Crippen LogP contribution is -2.41. The summed E-state index contributed by atoms with van der Waals surface area (Å²) in [4.78, 5) is 0. The van der Waals surface area contributed by atoms with E-state index in [1.807, 2.05) is 0 Å². The van der Waals surface area contributed by atoms with Crippen LogP contribution in [0.4, 0.5) is 0 Å². The minimum atomic E-state index is -0.216. The highest BCUT2D eigenvalue weighted by Crippen LogP contribution is 2.46. The highest BCUT2D eigenvalue weighted by Gasteiger charge is 2.50. The fourth-order valence-corrected chi connectivity index (χ4v) is 1.64. The number of rotatable bonds is 2. The van der Waals surface area contributed by atoms with Crippen LogP contribution in [0.2, 0.25) is 0 Å². The van der Waals surface area contributed by atoms with Gasteiger partial charge in [0.25, 0.3) is 0 Å². The second-order valence-electron chi connectivity index (χ2n) is 6.14. The molecule has 2 fully saturated rings. The van der Waals surface area contributed by atoms with E-state index in [9.17, 15) is 0 Å². The SMILES string of the molecule is CC1(/C=C/B2OC(C)(C)C(C)(C)O2)CC1. The van der Waals surface area contributed by atoms with Crippen molar-refractivity contribution in [3.8, 4) is 0 Å². The zero-order valence-electron chi connectivity index (χ0n) is 10.5. The second-order valence-corrected chi connectivity index (χ2v) is 6.14. The Hall–Kier alpha value is -0.275. The molecule has 0 bridgehead atoms. The normalized spacial score (nSPS) is 31.1. The third-order valence-electron chi connectivity index (χ3n) is 3.97. The predicted molar refractivity (Wildman–Crippen MR) is 62.6 cm³/mol. The zero-order chi connectivity index (χ0) is 11.3.